The first-order valence-electron chi connectivity index (χ1n) is 7.61. The Morgan fingerprint density at radius 3 is 1.58 bits per heavy atom. The summed E-state index contributed by atoms with van der Waals surface area (Å²) in [7, 11) is 0. The van der Waals surface area contributed by atoms with Crippen LogP contribution in [-0.4, -0.2) is 28.1 Å². The normalized spacial score (nSPS) is 13.7. The van der Waals surface area contributed by atoms with E-state index in [4.69, 9.17) is 0 Å². The summed E-state index contributed by atoms with van der Waals surface area (Å²) in [5.74, 6) is -1.38. The molecule has 2 aromatic carbocycles. The third-order valence-electron chi connectivity index (χ3n) is 3.72. The predicted octanol–water partition coefficient (Wildman–Crippen LogP) is 1.82. The number of hydrogen-bond donors (Lipinski definition) is 4. The Morgan fingerprint density at radius 1 is 0.731 bits per heavy atom. The monoisotopic (exact) mass is 350 g/mol. The van der Waals surface area contributed by atoms with Gasteiger partial charge < -0.3 is 10.2 Å². The van der Waals surface area contributed by atoms with Crippen molar-refractivity contribution < 1.29 is 24.6 Å². The van der Waals surface area contributed by atoms with Crippen molar-refractivity contribution in [3.8, 4) is 11.5 Å². The van der Waals surface area contributed by atoms with E-state index >= 15 is 0 Å². The van der Waals surface area contributed by atoms with Crippen molar-refractivity contribution in [1.29, 1.82) is 0 Å². The Hall–Kier alpha value is -3.87. The summed E-state index contributed by atoms with van der Waals surface area (Å²) in [6.45, 7) is 0. The second kappa shape index (κ2) is 6.94. The number of phenolic OH excluding ortho intramolecular Hbond substituents is 2. The lowest BCUT2D eigenvalue weighted by Crippen LogP contribution is -2.51. The lowest BCUT2D eigenvalue weighted by Gasteiger charge is -2.14. The number of carbonyl (C=O) groups is 3. The van der Waals surface area contributed by atoms with Gasteiger partial charge in [-0.2, -0.15) is 0 Å². The van der Waals surface area contributed by atoms with Crippen LogP contribution in [0.15, 0.2) is 66.3 Å². The van der Waals surface area contributed by atoms with Crippen LogP contribution in [0.5, 0.6) is 11.5 Å². The van der Waals surface area contributed by atoms with Crippen molar-refractivity contribution in [1.82, 2.24) is 10.6 Å². The van der Waals surface area contributed by atoms with Gasteiger partial charge in [0.05, 0.1) is 0 Å². The number of rotatable bonds is 3. The summed E-state index contributed by atoms with van der Waals surface area (Å²) < 4.78 is 0. The fourth-order valence-corrected chi connectivity index (χ4v) is 2.43. The van der Waals surface area contributed by atoms with Gasteiger partial charge in [0.25, 0.3) is 11.8 Å². The molecule has 0 saturated carbocycles. The minimum Gasteiger partial charge on any atom is -0.508 e. The maximum atomic E-state index is 11.8. The first-order valence-corrected chi connectivity index (χ1v) is 7.61. The minimum absolute atomic E-state index is 0.0988. The van der Waals surface area contributed by atoms with Crippen LogP contribution in [0.4, 0.5) is 4.79 Å². The summed E-state index contributed by atoms with van der Waals surface area (Å²) in [6, 6.07) is 11.9. The van der Waals surface area contributed by atoms with Crippen molar-refractivity contribution in [3.05, 3.63) is 77.4 Å². The zero-order valence-corrected chi connectivity index (χ0v) is 13.4. The van der Waals surface area contributed by atoms with Crippen LogP contribution in [0.2, 0.25) is 0 Å². The minimum atomic E-state index is -0.863. The Balaban J connectivity index is 2.06. The summed E-state index contributed by atoms with van der Waals surface area (Å²) in [4.78, 5) is 34.8. The van der Waals surface area contributed by atoms with Gasteiger partial charge in [-0.15, -0.1) is 0 Å². The number of hydrogen-bond acceptors (Lipinski definition) is 5. The molecule has 1 aliphatic heterocycles. The smallest absolute Gasteiger partial charge is 0.328 e. The van der Waals surface area contributed by atoms with Crippen molar-refractivity contribution >= 4 is 23.4 Å². The van der Waals surface area contributed by atoms with E-state index < -0.39 is 17.8 Å². The molecule has 4 N–H and O–H groups in total. The Labute approximate surface area is 148 Å². The molecule has 130 valence electrons. The molecular formula is C19H14N2O5. The van der Waals surface area contributed by atoms with Crippen LogP contribution in [0.1, 0.15) is 11.1 Å². The summed E-state index contributed by atoms with van der Waals surface area (Å²) in [6.07, 6.45) is 2.87. The number of allylic oxidation sites excluding steroid dienone is 2. The SMILES string of the molecule is O=C1NC(=O)C(=CC=C(c2ccc(O)cc2)c2ccc(O)cc2)C(=O)N1. The topological polar surface area (TPSA) is 116 Å². The van der Waals surface area contributed by atoms with Gasteiger partial charge in [-0.25, -0.2) is 4.79 Å². The maximum Gasteiger partial charge on any atom is 0.328 e. The fourth-order valence-electron chi connectivity index (χ4n) is 2.43. The Kier molecular flexibility index (Phi) is 4.53. The highest BCUT2D eigenvalue weighted by Gasteiger charge is 2.27. The van der Waals surface area contributed by atoms with Crippen LogP contribution >= 0.6 is 0 Å². The summed E-state index contributed by atoms with van der Waals surface area (Å²) in [5.41, 5.74) is 1.88. The number of barbiturate groups is 1. The molecule has 3 rings (SSSR count). The van der Waals surface area contributed by atoms with Crippen molar-refractivity contribution in [2.24, 2.45) is 0 Å². The number of phenols is 2. The lowest BCUT2D eigenvalue weighted by molar-refractivity contribution is -0.124. The first-order chi connectivity index (χ1) is 12.4. The quantitative estimate of drug-likeness (QED) is 0.498. The standard InChI is InChI=1S/C19H14N2O5/c22-13-5-1-11(2-6-13)15(12-3-7-14(23)8-4-12)9-10-16-17(24)20-19(26)21-18(16)25/h1-10,22-23H,(H2,20,21,24,25,26). The fraction of sp³-hybridized carbons (Fsp3) is 0. The highest BCUT2D eigenvalue weighted by molar-refractivity contribution is 6.29. The molecule has 0 spiro atoms. The van der Waals surface area contributed by atoms with Crippen LogP contribution in [0.25, 0.3) is 5.57 Å². The average molecular weight is 350 g/mol. The molecular weight excluding hydrogens is 336 g/mol. The number of imide groups is 2. The van der Waals surface area contributed by atoms with Crippen molar-refractivity contribution in [3.63, 3.8) is 0 Å². The Bertz CT molecular complexity index is 871. The van der Waals surface area contributed by atoms with Gasteiger partial charge in [-0.05, 0) is 47.0 Å². The van der Waals surface area contributed by atoms with Gasteiger partial charge in [0, 0.05) is 0 Å². The van der Waals surface area contributed by atoms with Gasteiger partial charge in [0.2, 0.25) is 0 Å². The molecule has 0 aliphatic carbocycles. The molecule has 1 heterocycles. The average Bonchev–Trinajstić information content (AvgIpc) is 2.59. The number of amides is 4. The van der Waals surface area contributed by atoms with Crippen LogP contribution in [0, 0.1) is 0 Å². The highest BCUT2D eigenvalue weighted by Crippen LogP contribution is 2.27. The molecule has 26 heavy (non-hydrogen) atoms. The molecule has 1 saturated heterocycles. The van der Waals surface area contributed by atoms with Crippen LogP contribution < -0.4 is 10.6 Å². The zero-order valence-electron chi connectivity index (χ0n) is 13.4. The number of benzene rings is 2. The number of urea groups is 1. The van der Waals surface area contributed by atoms with Gasteiger partial charge in [-0.3, -0.25) is 20.2 Å². The van der Waals surface area contributed by atoms with E-state index in [1.165, 1.54) is 30.3 Å². The van der Waals surface area contributed by atoms with E-state index in [0.717, 1.165) is 11.1 Å². The van der Waals surface area contributed by atoms with E-state index in [-0.39, 0.29) is 17.1 Å². The molecule has 1 fully saturated rings. The third-order valence-corrected chi connectivity index (χ3v) is 3.72. The second-order valence-electron chi connectivity index (χ2n) is 5.49. The van der Waals surface area contributed by atoms with E-state index in [9.17, 15) is 24.6 Å². The van der Waals surface area contributed by atoms with Gasteiger partial charge in [-0.1, -0.05) is 30.3 Å². The molecule has 7 nitrogen and oxygen atoms in total. The van der Waals surface area contributed by atoms with Crippen LogP contribution in [-0.2, 0) is 9.59 Å². The number of carbonyl (C=O) groups excluding carboxylic acids is 3. The molecule has 4 amide bonds. The molecule has 0 bridgehead atoms. The molecule has 7 heteroatoms. The third kappa shape index (κ3) is 3.62. The van der Waals surface area contributed by atoms with E-state index in [1.807, 2.05) is 10.6 Å². The highest BCUT2D eigenvalue weighted by atomic mass is 16.3. The van der Waals surface area contributed by atoms with Crippen LogP contribution in [0.3, 0.4) is 0 Å². The maximum absolute atomic E-state index is 11.8. The van der Waals surface area contributed by atoms with E-state index in [0.29, 0.717) is 5.57 Å². The van der Waals surface area contributed by atoms with Gasteiger partial charge in [0.1, 0.15) is 17.1 Å². The van der Waals surface area contributed by atoms with Gasteiger partial charge >= 0.3 is 6.03 Å². The van der Waals surface area contributed by atoms with Crippen molar-refractivity contribution in [2.75, 3.05) is 0 Å². The van der Waals surface area contributed by atoms with Crippen molar-refractivity contribution in [2.45, 2.75) is 0 Å². The lowest BCUT2D eigenvalue weighted by atomic mass is 9.96. The zero-order chi connectivity index (χ0) is 18.7. The molecule has 0 atom stereocenters. The largest absolute Gasteiger partial charge is 0.508 e. The molecule has 0 unspecified atom stereocenters. The summed E-state index contributed by atoms with van der Waals surface area (Å²) in [5, 5.41) is 23.0. The van der Waals surface area contributed by atoms with E-state index in [1.54, 1.807) is 30.3 Å². The predicted molar refractivity (Wildman–Crippen MR) is 93.1 cm³/mol. The first kappa shape index (κ1) is 17.0. The Morgan fingerprint density at radius 2 is 1.15 bits per heavy atom. The second-order valence-corrected chi connectivity index (χ2v) is 5.49. The molecule has 2 aromatic rings. The number of nitrogens with one attached hydrogen (secondary N) is 2. The molecule has 0 radical (unpaired) electrons. The summed E-state index contributed by atoms with van der Waals surface area (Å²) >= 11 is 0. The molecule has 0 aromatic heterocycles. The molecule has 1 aliphatic rings. The van der Waals surface area contributed by atoms with Gasteiger partial charge in [0.15, 0.2) is 0 Å². The number of aromatic hydroxyl groups is 2. The van der Waals surface area contributed by atoms with E-state index in [2.05, 4.69) is 0 Å².